The number of halogens is 1. The molecule has 0 saturated carbocycles. The number of nitrogens with zero attached hydrogens (tertiary/aromatic N) is 1. The first-order valence-electron chi connectivity index (χ1n) is 4.83. The van der Waals surface area contributed by atoms with Crippen LogP contribution in [0.1, 0.15) is 0 Å². The van der Waals surface area contributed by atoms with Crippen LogP contribution in [0.5, 0.6) is 5.75 Å². The molecule has 9 heteroatoms. The molecule has 0 radical (unpaired) electrons. The number of non-ortho nitro benzene ring substituents is 1. The van der Waals surface area contributed by atoms with Crippen LogP contribution in [0.25, 0.3) is 0 Å². The SMILES string of the molecule is O=[N+]([O-])c1ccc(OS(=O)(=O)c2ccc(Br)s2)cc1. The van der Waals surface area contributed by atoms with Crippen LogP contribution >= 0.6 is 27.3 Å². The van der Waals surface area contributed by atoms with Crippen LogP contribution in [0.15, 0.2) is 44.4 Å². The number of nitro benzene ring substituents is 1. The van der Waals surface area contributed by atoms with Crippen LogP contribution < -0.4 is 4.18 Å². The van der Waals surface area contributed by atoms with E-state index in [1.165, 1.54) is 30.3 Å². The molecule has 0 fully saturated rings. The maximum Gasteiger partial charge on any atom is 0.348 e. The number of hydrogen-bond acceptors (Lipinski definition) is 6. The van der Waals surface area contributed by atoms with E-state index in [-0.39, 0.29) is 15.6 Å². The Morgan fingerprint density at radius 1 is 1.16 bits per heavy atom. The molecule has 0 aliphatic rings. The van der Waals surface area contributed by atoms with Crippen molar-refractivity contribution in [1.29, 1.82) is 0 Å². The van der Waals surface area contributed by atoms with Gasteiger partial charge in [-0.1, -0.05) is 0 Å². The average Bonchev–Trinajstić information content (AvgIpc) is 2.77. The Bertz CT molecular complexity index is 708. The number of thiophene rings is 1. The largest absolute Gasteiger partial charge is 0.378 e. The Hall–Kier alpha value is -1.45. The van der Waals surface area contributed by atoms with Crippen molar-refractivity contribution in [2.24, 2.45) is 0 Å². The predicted octanol–water partition coefficient (Wildman–Crippen LogP) is 3.19. The molecule has 6 nitrogen and oxygen atoms in total. The predicted molar refractivity (Wildman–Crippen MR) is 72.9 cm³/mol. The number of hydrogen-bond donors (Lipinski definition) is 0. The van der Waals surface area contributed by atoms with E-state index in [0.717, 1.165) is 11.3 Å². The Morgan fingerprint density at radius 2 is 1.79 bits per heavy atom. The van der Waals surface area contributed by atoms with Gasteiger partial charge >= 0.3 is 10.1 Å². The van der Waals surface area contributed by atoms with E-state index >= 15 is 0 Å². The highest BCUT2D eigenvalue weighted by atomic mass is 79.9. The van der Waals surface area contributed by atoms with Gasteiger partial charge in [-0.25, -0.2) is 0 Å². The van der Waals surface area contributed by atoms with Crippen LogP contribution in [0.2, 0.25) is 0 Å². The van der Waals surface area contributed by atoms with E-state index in [0.29, 0.717) is 3.79 Å². The standard InChI is InChI=1S/C10H6BrNO5S2/c11-9-5-6-10(18-9)19(15,16)17-8-3-1-7(2-4-8)12(13)14/h1-6H. The van der Waals surface area contributed by atoms with Crippen molar-refractivity contribution in [3.63, 3.8) is 0 Å². The summed E-state index contributed by atoms with van der Waals surface area (Å²) in [5, 5.41) is 10.5. The summed E-state index contributed by atoms with van der Waals surface area (Å²) in [5.41, 5.74) is -0.136. The number of nitro groups is 1. The zero-order valence-electron chi connectivity index (χ0n) is 9.15. The van der Waals surface area contributed by atoms with Gasteiger partial charge < -0.3 is 4.18 Å². The lowest BCUT2D eigenvalue weighted by molar-refractivity contribution is -0.384. The van der Waals surface area contributed by atoms with Gasteiger partial charge in [0.15, 0.2) is 4.21 Å². The Morgan fingerprint density at radius 3 is 2.26 bits per heavy atom. The molecular formula is C10H6BrNO5S2. The molecule has 19 heavy (non-hydrogen) atoms. The van der Waals surface area contributed by atoms with Crippen LogP contribution in [0.4, 0.5) is 5.69 Å². The molecule has 0 unspecified atom stereocenters. The minimum Gasteiger partial charge on any atom is -0.378 e. The van der Waals surface area contributed by atoms with Crippen molar-refractivity contribution in [1.82, 2.24) is 0 Å². The van der Waals surface area contributed by atoms with Gasteiger partial charge in [0.2, 0.25) is 0 Å². The Balaban J connectivity index is 2.23. The summed E-state index contributed by atoms with van der Waals surface area (Å²) in [6, 6.07) is 7.83. The van der Waals surface area contributed by atoms with Gasteiger partial charge in [0.05, 0.1) is 8.71 Å². The first-order valence-corrected chi connectivity index (χ1v) is 7.84. The third-order valence-electron chi connectivity index (χ3n) is 2.05. The quantitative estimate of drug-likeness (QED) is 0.472. The number of rotatable bonds is 4. The molecular weight excluding hydrogens is 358 g/mol. The molecule has 1 aromatic carbocycles. The fourth-order valence-electron chi connectivity index (χ4n) is 1.22. The third kappa shape index (κ3) is 3.31. The molecule has 0 saturated heterocycles. The van der Waals surface area contributed by atoms with Crippen LogP contribution in [-0.4, -0.2) is 13.3 Å². The highest BCUT2D eigenvalue weighted by Gasteiger charge is 2.19. The van der Waals surface area contributed by atoms with Crippen LogP contribution in [0.3, 0.4) is 0 Å². The van der Waals surface area contributed by atoms with Crippen molar-refractivity contribution in [2.45, 2.75) is 4.21 Å². The van der Waals surface area contributed by atoms with Crippen molar-refractivity contribution in [3.8, 4) is 5.75 Å². The lowest BCUT2D eigenvalue weighted by atomic mass is 10.3. The van der Waals surface area contributed by atoms with Crippen LogP contribution in [0, 0.1) is 10.1 Å². The monoisotopic (exact) mass is 363 g/mol. The van der Waals surface area contributed by atoms with Gasteiger partial charge in [-0.3, -0.25) is 10.1 Å². The normalized spacial score (nSPS) is 11.2. The zero-order chi connectivity index (χ0) is 14.0. The molecule has 0 atom stereocenters. The fraction of sp³-hybridized carbons (Fsp3) is 0. The Labute approximate surface area is 121 Å². The minimum absolute atomic E-state index is 0.0233. The zero-order valence-corrected chi connectivity index (χ0v) is 12.4. The van der Waals surface area contributed by atoms with Crippen molar-refractivity contribution in [2.75, 3.05) is 0 Å². The van der Waals surface area contributed by atoms with Gasteiger partial charge in [0.25, 0.3) is 5.69 Å². The fourth-order valence-corrected chi connectivity index (χ4v) is 4.13. The highest BCUT2D eigenvalue weighted by molar-refractivity contribution is 9.11. The summed E-state index contributed by atoms with van der Waals surface area (Å²) in [4.78, 5) is 9.89. The number of benzene rings is 1. The van der Waals surface area contributed by atoms with Gasteiger partial charge in [-0.15, -0.1) is 11.3 Å². The molecule has 2 aromatic rings. The molecule has 0 aliphatic heterocycles. The smallest absolute Gasteiger partial charge is 0.348 e. The topological polar surface area (TPSA) is 86.5 Å². The van der Waals surface area contributed by atoms with E-state index in [1.807, 2.05) is 0 Å². The molecule has 0 N–H and O–H groups in total. The van der Waals surface area contributed by atoms with Crippen molar-refractivity contribution in [3.05, 3.63) is 50.3 Å². The molecule has 1 aromatic heterocycles. The van der Waals surface area contributed by atoms with Crippen LogP contribution in [-0.2, 0) is 10.1 Å². The second kappa shape index (κ2) is 5.27. The third-order valence-corrected chi connectivity index (χ3v) is 5.37. The van der Waals surface area contributed by atoms with Crippen molar-refractivity contribution >= 4 is 43.1 Å². The van der Waals surface area contributed by atoms with E-state index in [4.69, 9.17) is 4.18 Å². The molecule has 0 aliphatic carbocycles. The van der Waals surface area contributed by atoms with E-state index in [1.54, 1.807) is 6.07 Å². The maximum atomic E-state index is 11.9. The maximum absolute atomic E-state index is 11.9. The molecule has 2 rings (SSSR count). The van der Waals surface area contributed by atoms with E-state index in [2.05, 4.69) is 15.9 Å². The summed E-state index contributed by atoms with van der Waals surface area (Å²) in [5.74, 6) is 0.0233. The Kier molecular flexibility index (Phi) is 3.88. The first-order chi connectivity index (χ1) is 8.88. The van der Waals surface area contributed by atoms with Gasteiger partial charge in [-0.2, -0.15) is 8.42 Å². The summed E-state index contributed by atoms with van der Waals surface area (Å²) < 4.78 is 29.3. The van der Waals surface area contributed by atoms with E-state index in [9.17, 15) is 18.5 Å². The molecule has 0 bridgehead atoms. The van der Waals surface area contributed by atoms with E-state index < -0.39 is 15.0 Å². The second-order valence-electron chi connectivity index (χ2n) is 3.35. The summed E-state index contributed by atoms with van der Waals surface area (Å²) >= 11 is 4.18. The molecule has 0 amide bonds. The first kappa shape index (κ1) is 14.0. The highest BCUT2D eigenvalue weighted by Crippen LogP contribution is 2.28. The molecule has 0 spiro atoms. The summed E-state index contributed by atoms with van der Waals surface area (Å²) in [6.07, 6.45) is 0. The van der Waals surface area contributed by atoms with Gasteiger partial charge in [0, 0.05) is 12.1 Å². The lowest BCUT2D eigenvalue weighted by Crippen LogP contribution is -2.07. The van der Waals surface area contributed by atoms with Gasteiger partial charge in [0.1, 0.15) is 5.75 Å². The summed E-state index contributed by atoms with van der Waals surface area (Å²) in [6.45, 7) is 0. The average molecular weight is 364 g/mol. The lowest BCUT2D eigenvalue weighted by Gasteiger charge is -2.04. The van der Waals surface area contributed by atoms with Gasteiger partial charge in [-0.05, 0) is 40.2 Å². The molecule has 1 heterocycles. The summed E-state index contributed by atoms with van der Waals surface area (Å²) in [7, 11) is -3.91. The van der Waals surface area contributed by atoms with Crippen molar-refractivity contribution < 1.29 is 17.5 Å². The molecule has 100 valence electrons. The second-order valence-corrected chi connectivity index (χ2v) is 7.58. The minimum atomic E-state index is -3.91.